The van der Waals surface area contributed by atoms with Crippen molar-refractivity contribution in [2.24, 2.45) is 0 Å². The number of rotatable bonds is 7. The quantitative estimate of drug-likeness (QED) is 0.477. The van der Waals surface area contributed by atoms with Crippen molar-refractivity contribution in [1.82, 2.24) is 19.3 Å². The summed E-state index contributed by atoms with van der Waals surface area (Å²) in [5.41, 5.74) is 2.51. The number of hydrogen-bond donors (Lipinski definition) is 0. The summed E-state index contributed by atoms with van der Waals surface area (Å²) < 4.78 is 3.67. The van der Waals surface area contributed by atoms with Gasteiger partial charge < -0.3 is 4.57 Å². The lowest BCUT2D eigenvalue weighted by molar-refractivity contribution is 0.465. The molecule has 0 fully saturated rings. The SMILES string of the molecule is CCCn1nc(-c2ccc(Cl)cc2Cl)c2nc(CC)n(C(CC)CC)c2c1=O. The van der Waals surface area contributed by atoms with E-state index < -0.39 is 0 Å². The van der Waals surface area contributed by atoms with E-state index in [1.54, 1.807) is 16.8 Å². The summed E-state index contributed by atoms with van der Waals surface area (Å²) >= 11 is 12.6. The van der Waals surface area contributed by atoms with Gasteiger partial charge in [-0.1, -0.05) is 50.9 Å². The zero-order valence-electron chi connectivity index (χ0n) is 16.8. The van der Waals surface area contributed by atoms with Crippen molar-refractivity contribution in [2.45, 2.75) is 66.0 Å². The number of fused-ring (bicyclic) bond motifs is 1. The van der Waals surface area contributed by atoms with Crippen molar-refractivity contribution in [2.75, 3.05) is 0 Å². The lowest BCUT2D eigenvalue weighted by Crippen LogP contribution is -2.26. The summed E-state index contributed by atoms with van der Waals surface area (Å²) in [5, 5.41) is 5.71. The van der Waals surface area contributed by atoms with Crippen LogP contribution in [0.15, 0.2) is 23.0 Å². The molecule has 0 N–H and O–H groups in total. The van der Waals surface area contributed by atoms with Crippen molar-refractivity contribution in [3.05, 3.63) is 44.4 Å². The van der Waals surface area contributed by atoms with Crippen LogP contribution in [0.1, 0.15) is 58.8 Å². The van der Waals surface area contributed by atoms with Gasteiger partial charge in [-0.25, -0.2) is 9.67 Å². The van der Waals surface area contributed by atoms with Crippen molar-refractivity contribution in [1.29, 1.82) is 0 Å². The molecule has 0 bridgehead atoms. The monoisotopic (exact) mass is 420 g/mol. The van der Waals surface area contributed by atoms with E-state index in [-0.39, 0.29) is 11.6 Å². The van der Waals surface area contributed by atoms with Gasteiger partial charge in [0, 0.05) is 29.6 Å². The van der Waals surface area contributed by atoms with Crippen LogP contribution in [0.2, 0.25) is 10.0 Å². The molecule has 0 saturated heterocycles. The number of nitrogens with zero attached hydrogens (tertiary/aromatic N) is 4. The summed E-state index contributed by atoms with van der Waals surface area (Å²) in [6.45, 7) is 8.92. The second-order valence-corrected chi connectivity index (χ2v) is 7.76. The Morgan fingerprint density at radius 3 is 2.39 bits per heavy atom. The molecule has 0 saturated carbocycles. The van der Waals surface area contributed by atoms with Crippen molar-refractivity contribution in [3.8, 4) is 11.3 Å². The molecule has 1 aromatic carbocycles. The highest BCUT2D eigenvalue weighted by atomic mass is 35.5. The lowest BCUT2D eigenvalue weighted by atomic mass is 10.1. The summed E-state index contributed by atoms with van der Waals surface area (Å²) in [6.07, 6.45) is 3.42. The van der Waals surface area contributed by atoms with Crippen LogP contribution in [0, 0.1) is 0 Å². The lowest BCUT2D eigenvalue weighted by Gasteiger charge is -2.18. The predicted molar refractivity (Wildman–Crippen MR) is 117 cm³/mol. The fraction of sp³-hybridized carbons (Fsp3) is 0.476. The average molecular weight is 421 g/mol. The zero-order chi connectivity index (χ0) is 20.4. The smallest absolute Gasteiger partial charge is 0.292 e. The van der Waals surface area contributed by atoms with Crippen LogP contribution >= 0.6 is 23.2 Å². The summed E-state index contributed by atoms with van der Waals surface area (Å²) in [7, 11) is 0. The van der Waals surface area contributed by atoms with E-state index in [0.717, 1.165) is 37.1 Å². The highest BCUT2D eigenvalue weighted by Crippen LogP contribution is 2.34. The Labute approximate surface area is 175 Å². The first kappa shape index (κ1) is 20.9. The van der Waals surface area contributed by atoms with Gasteiger partial charge in [-0.2, -0.15) is 5.10 Å². The van der Waals surface area contributed by atoms with Crippen molar-refractivity contribution >= 4 is 34.2 Å². The minimum absolute atomic E-state index is 0.0928. The zero-order valence-corrected chi connectivity index (χ0v) is 18.3. The van der Waals surface area contributed by atoms with Gasteiger partial charge in [-0.15, -0.1) is 0 Å². The van der Waals surface area contributed by atoms with Gasteiger partial charge >= 0.3 is 0 Å². The predicted octanol–water partition coefficient (Wildman–Crippen LogP) is 5.90. The molecule has 0 radical (unpaired) electrons. The van der Waals surface area contributed by atoms with E-state index in [2.05, 4.69) is 30.4 Å². The molecule has 0 unspecified atom stereocenters. The molecule has 3 aromatic rings. The molecule has 0 aliphatic carbocycles. The van der Waals surface area contributed by atoms with Crippen molar-refractivity contribution < 1.29 is 0 Å². The molecule has 2 aromatic heterocycles. The number of aromatic nitrogens is 4. The third-order valence-electron chi connectivity index (χ3n) is 5.11. The van der Waals surface area contributed by atoms with Crippen LogP contribution in [0.4, 0.5) is 0 Å². The van der Waals surface area contributed by atoms with Crippen LogP contribution in [-0.4, -0.2) is 19.3 Å². The van der Waals surface area contributed by atoms with Crippen molar-refractivity contribution in [3.63, 3.8) is 0 Å². The molecule has 150 valence electrons. The highest BCUT2D eigenvalue weighted by molar-refractivity contribution is 6.36. The van der Waals surface area contributed by atoms with Crippen LogP contribution in [0.5, 0.6) is 0 Å². The van der Waals surface area contributed by atoms with Crippen LogP contribution < -0.4 is 5.56 Å². The Bertz CT molecular complexity index is 1050. The van der Waals surface area contributed by atoms with E-state index in [1.807, 2.05) is 13.0 Å². The molecular formula is C21H26Cl2N4O. The maximum atomic E-state index is 13.3. The van der Waals surface area contributed by atoms with E-state index in [0.29, 0.717) is 33.3 Å². The molecule has 7 heteroatoms. The van der Waals surface area contributed by atoms with Gasteiger partial charge in [0.15, 0.2) is 0 Å². The maximum Gasteiger partial charge on any atom is 0.292 e. The Hall–Kier alpha value is -1.85. The molecule has 0 aliphatic rings. The minimum atomic E-state index is -0.0928. The first-order chi connectivity index (χ1) is 13.5. The van der Waals surface area contributed by atoms with E-state index in [4.69, 9.17) is 28.2 Å². The molecule has 28 heavy (non-hydrogen) atoms. The fourth-order valence-electron chi connectivity index (χ4n) is 3.71. The molecule has 5 nitrogen and oxygen atoms in total. The molecule has 0 spiro atoms. The average Bonchev–Trinajstić information content (AvgIpc) is 3.06. The number of hydrogen-bond acceptors (Lipinski definition) is 3. The number of halogens is 2. The van der Waals surface area contributed by atoms with Gasteiger partial charge in [-0.05, 0) is 37.5 Å². The molecule has 0 aliphatic heterocycles. The van der Waals surface area contributed by atoms with E-state index in [9.17, 15) is 4.79 Å². The number of aryl methyl sites for hydroxylation is 2. The summed E-state index contributed by atoms with van der Waals surface area (Å²) in [6, 6.07) is 5.54. The van der Waals surface area contributed by atoms with Gasteiger partial charge in [0.25, 0.3) is 5.56 Å². The molecular weight excluding hydrogens is 395 g/mol. The van der Waals surface area contributed by atoms with Crippen LogP contribution in [0.3, 0.4) is 0 Å². The van der Waals surface area contributed by atoms with Crippen LogP contribution in [-0.2, 0) is 13.0 Å². The van der Waals surface area contributed by atoms with Gasteiger partial charge in [0.1, 0.15) is 22.6 Å². The fourth-order valence-corrected chi connectivity index (χ4v) is 4.21. The maximum absolute atomic E-state index is 13.3. The summed E-state index contributed by atoms with van der Waals surface area (Å²) in [4.78, 5) is 18.2. The minimum Gasteiger partial charge on any atom is -0.320 e. The number of imidazole rings is 1. The molecule has 2 heterocycles. The second-order valence-electron chi connectivity index (χ2n) is 6.92. The molecule has 0 amide bonds. The molecule has 3 rings (SSSR count). The topological polar surface area (TPSA) is 52.7 Å². The van der Waals surface area contributed by atoms with Gasteiger partial charge in [-0.3, -0.25) is 4.79 Å². The Morgan fingerprint density at radius 2 is 1.82 bits per heavy atom. The Morgan fingerprint density at radius 1 is 1.11 bits per heavy atom. The third-order valence-corrected chi connectivity index (χ3v) is 5.66. The normalized spacial score (nSPS) is 11.7. The number of benzene rings is 1. The molecule has 0 atom stereocenters. The second kappa shape index (κ2) is 8.66. The van der Waals surface area contributed by atoms with E-state index in [1.165, 1.54) is 0 Å². The Kier molecular flexibility index (Phi) is 6.46. The third kappa shape index (κ3) is 3.58. The first-order valence-electron chi connectivity index (χ1n) is 9.93. The van der Waals surface area contributed by atoms with Crippen LogP contribution in [0.25, 0.3) is 22.3 Å². The first-order valence-corrected chi connectivity index (χ1v) is 10.7. The van der Waals surface area contributed by atoms with E-state index >= 15 is 0 Å². The summed E-state index contributed by atoms with van der Waals surface area (Å²) in [5.74, 6) is 0.906. The largest absolute Gasteiger partial charge is 0.320 e. The highest BCUT2D eigenvalue weighted by Gasteiger charge is 2.24. The van der Waals surface area contributed by atoms with Gasteiger partial charge in [0.2, 0.25) is 0 Å². The van der Waals surface area contributed by atoms with Gasteiger partial charge in [0.05, 0.1) is 5.02 Å². The standard InChI is InChI=1S/C21H26Cl2N4O/c1-5-11-26-21(28)20-19(24-17(8-4)27(20)14(6-2)7-3)18(25-26)15-10-9-13(22)12-16(15)23/h9-10,12,14H,5-8,11H2,1-4H3. The Balaban J connectivity index is 2.45.